The number of rotatable bonds is 2. The van der Waals surface area contributed by atoms with Gasteiger partial charge in [0.2, 0.25) is 0 Å². The van der Waals surface area contributed by atoms with Gasteiger partial charge in [-0.05, 0) is 64.5 Å². The molecular weight excluding hydrogens is 410 g/mol. The van der Waals surface area contributed by atoms with E-state index in [1.54, 1.807) is 23.9 Å². The van der Waals surface area contributed by atoms with Crippen molar-refractivity contribution in [1.82, 2.24) is 0 Å². The van der Waals surface area contributed by atoms with Crippen LogP contribution in [0.4, 0.5) is 8.78 Å². The molecule has 0 radical (unpaired) electrons. The van der Waals surface area contributed by atoms with E-state index in [9.17, 15) is 8.78 Å². The number of hydrogen-bond donors (Lipinski definition) is 0. The van der Waals surface area contributed by atoms with E-state index in [1.165, 1.54) is 24.3 Å². The molecule has 0 N–H and O–H groups in total. The first-order valence-electron chi connectivity index (χ1n) is 5.91. The minimum Gasteiger partial charge on any atom is -0.207 e. The maximum absolute atomic E-state index is 12.5. The van der Waals surface area contributed by atoms with Crippen LogP contribution < -0.4 is 0 Å². The molecule has 0 amide bonds. The van der Waals surface area contributed by atoms with Crippen molar-refractivity contribution in [1.29, 1.82) is 0 Å². The third-order valence-electron chi connectivity index (χ3n) is 2.51. The van der Waals surface area contributed by atoms with Gasteiger partial charge in [-0.2, -0.15) is 0 Å². The van der Waals surface area contributed by atoms with Gasteiger partial charge >= 0.3 is 0 Å². The fourth-order valence-corrected chi connectivity index (χ4v) is 3.37. The molecule has 0 aromatic heterocycles. The summed E-state index contributed by atoms with van der Waals surface area (Å²) in [5.74, 6) is -0.395. The van der Waals surface area contributed by atoms with Gasteiger partial charge in [0.25, 0.3) is 0 Å². The molecule has 2 aromatic carbocycles. The fourth-order valence-electron chi connectivity index (χ4n) is 1.45. The Bertz CT molecular complexity index is 522. The first-order valence-corrected chi connectivity index (χ1v) is 8.72. The molecule has 0 bridgehead atoms. The molecule has 2 rings (SSSR count). The quantitative estimate of drug-likeness (QED) is 0.499. The van der Waals surface area contributed by atoms with Crippen LogP contribution in [0.2, 0.25) is 0 Å². The van der Waals surface area contributed by atoms with Gasteiger partial charge in [0.15, 0.2) is 0 Å². The summed E-state index contributed by atoms with van der Waals surface area (Å²) in [5, 5.41) is 0. The molecule has 0 aliphatic rings. The maximum atomic E-state index is 12.5. The summed E-state index contributed by atoms with van der Waals surface area (Å²) in [7, 11) is 0. The lowest BCUT2D eigenvalue weighted by atomic mass is 10.2. The minimum atomic E-state index is -0.204. The Kier molecular flexibility index (Phi) is 7.77. The van der Waals surface area contributed by atoms with Gasteiger partial charge in [0, 0.05) is 13.8 Å². The van der Waals surface area contributed by atoms with Gasteiger partial charge in [-0.1, -0.05) is 28.9 Å². The zero-order valence-corrected chi connectivity index (χ0v) is 15.1. The second-order valence-electron chi connectivity index (χ2n) is 3.87. The van der Waals surface area contributed by atoms with Crippen LogP contribution in [-0.4, -0.2) is 6.26 Å². The van der Waals surface area contributed by atoms with Crippen molar-refractivity contribution in [2.24, 2.45) is 0 Å². The van der Waals surface area contributed by atoms with E-state index < -0.39 is 0 Å². The van der Waals surface area contributed by atoms with Crippen molar-refractivity contribution >= 4 is 43.6 Å². The summed E-state index contributed by atoms with van der Waals surface area (Å²) >= 11 is 8.10. The average molecular weight is 424 g/mol. The topological polar surface area (TPSA) is 0 Å². The van der Waals surface area contributed by atoms with E-state index in [1.807, 2.05) is 13.2 Å². The fraction of sp³-hybridized carbons (Fsp3) is 0.200. The highest BCUT2D eigenvalue weighted by Gasteiger charge is 1.98. The van der Waals surface area contributed by atoms with E-state index in [4.69, 9.17) is 0 Å². The van der Waals surface area contributed by atoms with Crippen LogP contribution in [0.1, 0.15) is 12.5 Å². The largest absolute Gasteiger partial charge is 0.207 e. The van der Waals surface area contributed by atoms with Crippen molar-refractivity contribution in [2.75, 3.05) is 6.26 Å². The molecule has 0 spiro atoms. The van der Waals surface area contributed by atoms with Gasteiger partial charge in [0.05, 0.1) is 0 Å². The second kappa shape index (κ2) is 8.80. The molecule has 5 heteroatoms. The molecule has 0 aliphatic carbocycles. The third kappa shape index (κ3) is 5.54. The molecular formula is C15H14Br2F2S. The first kappa shape index (κ1) is 17.7. The van der Waals surface area contributed by atoms with E-state index in [-0.39, 0.29) is 11.6 Å². The standard InChI is InChI=1S/C8H8BrF.C7H6BrFS/c1-2-6-3-4-7(10)5-8(6)9;1-10-7-3-2-5(9)4-6(7)8/h3-5H,2H2,1H3;2-4H,1H3. The van der Waals surface area contributed by atoms with Crippen molar-refractivity contribution in [3.05, 3.63) is 62.5 Å². The van der Waals surface area contributed by atoms with Gasteiger partial charge in [-0.25, -0.2) is 8.78 Å². The highest BCUT2D eigenvalue weighted by Crippen LogP contribution is 2.25. The predicted octanol–water partition coefficient (Wildman–Crippen LogP) is 6.46. The Hall–Kier alpha value is -0.390. The van der Waals surface area contributed by atoms with Crippen molar-refractivity contribution < 1.29 is 8.78 Å². The van der Waals surface area contributed by atoms with Crippen LogP contribution in [-0.2, 0) is 6.42 Å². The summed E-state index contributed by atoms with van der Waals surface area (Å²) in [5.41, 5.74) is 1.14. The van der Waals surface area contributed by atoms with Crippen molar-refractivity contribution in [2.45, 2.75) is 18.2 Å². The summed E-state index contributed by atoms with van der Waals surface area (Å²) in [6.45, 7) is 2.04. The maximum Gasteiger partial charge on any atom is 0.124 e. The van der Waals surface area contributed by atoms with Crippen molar-refractivity contribution in [3.8, 4) is 0 Å². The Balaban J connectivity index is 0.000000200. The van der Waals surface area contributed by atoms with Gasteiger partial charge in [0.1, 0.15) is 11.6 Å². The second-order valence-corrected chi connectivity index (χ2v) is 6.42. The molecule has 0 atom stereocenters. The third-order valence-corrected chi connectivity index (χ3v) is 4.96. The molecule has 0 fully saturated rings. The smallest absolute Gasteiger partial charge is 0.124 e. The Morgan fingerprint density at radius 3 is 1.95 bits per heavy atom. The molecule has 0 saturated carbocycles. The van der Waals surface area contributed by atoms with E-state index in [2.05, 4.69) is 31.9 Å². The van der Waals surface area contributed by atoms with E-state index >= 15 is 0 Å². The van der Waals surface area contributed by atoms with Gasteiger partial charge in [-0.15, -0.1) is 11.8 Å². The lowest BCUT2D eigenvalue weighted by molar-refractivity contribution is 0.625. The number of halogens is 4. The Labute approximate surface area is 139 Å². The summed E-state index contributed by atoms with van der Waals surface area (Å²) in [6, 6.07) is 9.42. The van der Waals surface area contributed by atoms with E-state index in [0.717, 1.165) is 25.8 Å². The molecule has 0 nitrogen and oxygen atoms in total. The SMILES string of the molecule is CCc1ccc(F)cc1Br.CSc1ccc(F)cc1Br. The van der Waals surface area contributed by atoms with E-state index in [0.29, 0.717) is 0 Å². The van der Waals surface area contributed by atoms with Crippen LogP contribution in [0.25, 0.3) is 0 Å². The monoisotopic (exact) mass is 422 g/mol. The molecule has 108 valence electrons. The first-order chi connectivity index (χ1) is 9.47. The van der Waals surface area contributed by atoms with Crippen LogP contribution in [0.5, 0.6) is 0 Å². The summed E-state index contributed by atoms with van der Waals surface area (Å²) < 4.78 is 26.6. The predicted molar refractivity (Wildman–Crippen MR) is 89.4 cm³/mol. The van der Waals surface area contributed by atoms with Crippen LogP contribution in [0, 0.1) is 11.6 Å². The molecule has 0 aliphatic heterocycles. The molecule has 20 heavy (non-hydrogen) atoms. The number of benzene rings is 2. The minimum absolute atomic E-state index is 0.191. The molecule has 0 heterocycles. The van der Waals surface area contributed by atoms with Crippen molar-refractivity contribution in [3.63, 3.8) is 0 Å². The van der Waals surface area contributed by atoms with Crippen LogP contribution in [0.15, 0.2) is 50.2 Å². The zero-order chi connectivity index (χ0) is 15.1. The molecule has 0 saturated heterocycles. The molecule has 2 aromatic rings. The lowest BCUT2D eigenvalue weighted by Crippen LogP contribution is -1.82. The van der Waals surface area contributed by atoms with Gasteiger partial charge < -0.3 is 0 Å². The average Bonchev–Trinajstić information content (AvgIpc) is 2.40. The lowest BCUT2D eigenvalue weighted by Gasteiger charge is -1.98. The number of thioether (sulfide) groups is 1. The number of aryl methyl sites for hydroxylation is 1. The summed E-state index contributed by atoms with van der Waals surface area (Å²) in [4.78, 5) is 1.06. The highest BCUT2D eigenvalue weighted by atomic mass is 79.9. The van der Waals surface area contributed by atoms with Crippen LogP contribution in [0.3, 0.4) is 0 Å². The molecule has 0 unspecified atom stereocenters. The normalized spacial score (nSPS) is 9.90. The Morgan fingerprint density at radius 1 is 0.950 bits per heavy atom. The highest BCUT2D eigenvalue weighted by molar-refractivity contribution is 9.10. The Morgan fingerprint density at radius 2 is 1.50 bits per heavy atom. The zero-order valence-electron chi connectivity index (χ0n) is 11.1. The number of hydrogen-bond acceptors (Lipinski definition) is 1. The summed E-state index contributed by atoms with van der Waals surface area (Å²) in [6.07, 6.45) is 2.89. The van der Waals surface area contributed by atoms with Crippen LogP contribution >= 0.6 is 43.6 Å². The van der Waals surface area contributed by atoms with Gasteiger partial charge in [-0.3, -0.25) is 0 Å².